The lowest BCUT2D eigenvalue weighted by molar-refractivity contribution is 0.0758. The average Bonchev–Trinajstić information content (AvgIpc) is 2.84. The SMILES string of the molecule is COc1ccc(F)cc1C(=O)N1CCCN(C(=O)NCC(C)(C)C)CC1. The quantitative estimate of drug-likeness (QED) is 0.896. The summed E-state index contributed by atoms with van der Waals surface area (Å²) in [6, 6.07) is 3.80. The third-order valence-corrected chi connectivity index (χ3v) is 4.23. The first kappa shape index (κ1) is 20.0. The van der Waals surface area contributed by atoms with E-state index >= 15 is 0 Å². The highest BCUT2D eigenvalue weighted by molar-refractivity contribution is 5.97. The molecule has 0 saturated carbocycles. The Morgan fingerprint density at radius 2 is 1.81 bits per heavy atom. The van der Waals surface area contributed by atoms with Gasteiger partial charge in [0.05, 0.1) is 12.7 Å². The number of amides is 3. The smallest absolute Gasteiger partial charge is 0.317 e. The number of carbonyl (C=O) groups is 2. The number of rotatable bonds is 3. The van der Waals surface area contributed by atoms with Crippen LogP contribution < -0.4 is 10.1 Å². The highest BCUT2D eigenvalue weighted by Gasteiger charge is 2.25. The maximum atomic E-state index is 13.6. The molecule has 3 amide bonds. The minimum Gasteiger partial charge on any atom is -0.496 e. The molecule has 1 heterocycles. The van der Waals surface area contributed by atoms with Crippen LogP contribution >= 0.6 is 0 Å². The number of nitrogens with zero attached hydrogens (tertiary/aromatic N) is 2. The van der Waals surface area contributed by atoms with E-state index in [2.05, 4.69) is 26.1 Å². The van der Waals surface area contributed by atoms with E-state index < -0.39 is 5.82 Å². The number of urea groups is 1. The zero-order valence-electron chi connectivity index (χ0n) is 16.0. The molecule has 1 fully saturated rings. The monoisotopic (exact) mass is 365 g/mol. The second-order valence-corrected chi connectivity index (χ2v) is 7.70. The molecule has 0 aromatic heterocycles. The fourth-order valence-electron chi connectivity index (χ4n) is 2.79. The van der Waals surface area contributed by atoms with Gasteiger partial charge in [0.15, 0.2) is 0 Å². The second kappa shape index (κ2) is 8.38. The topological polar surface area (TPSA) is 61.9 Å². The van der Waals surface area contributed by atoms with Crippen LogP contribution in [0.3, 0.4) is 0 Å². The van der Waals surface area contributed by atoms with Crippen LogP contribution in [0.4, 0.5) is 9.18 Å². The van der Waals surface area contributed by atoms with Gasteiger partial charge in [0.25, 0.3) is 5.91 Å². The minimum absolute atomic E-state index is 0.0114. The Labute approximate surface area is 154 Å². The van der Waals surface area contributed by atoms with Gasteiger partial charge in [0.1, 0.15) is 11.6 Å². The molecule has 2 rings (SSSR count). The summed E-state index contributed by atoms with van der Waals surface area (Å²) in [5, 5.41) is 2.94. The fourth-order valence-corrected chi connectivity index (χ4v) is 2.79. The van der Waals surface area contributed by atoms with Crippen LogP contribution in [0.1, 0.15) is 37.6 Å². The Bertz CT molecular complexity index is 658. The van der Waals surface area contributed by atoms with Crippen molar-refractivity contribution in [3.63, 3.8) is 0 Å². The molecule has 1 aliphatic rings. The van der Waals surface area contributed by atoms with Gasteiger partial charge in [0, 0.05) is 32.7 Å². The standard InChI is InChI=1S/C19H28FN3O3/c1-19(2,3)13-21-18(25)23-9-5-8-22(10-11-23)17(24)15-12-14(20)6-7-16(15)26-4/h6-7,12H,5,8-11,13H2,1-4H3,(H,21,25). The van der Waals surface area contributed by atoms with Crippen LogP contribution in [0.15, 0.2) is 18.2 Å². The number of nitrogens with one attached hydrogen (secondary N) is 1. The van der Waals surface area contributed by atoms with Crippen molar-refractivity contribution in [3.05, 3.63) is 29.6 Å². The van der Waals surface area contributed by atoms with Crippen LogP contribution in [0, 0.1) is 11.2 Å². The van der Waals surface area contributed by atoms with Crippen LogP contribution in [0.2, 0.25) is 0 Å². The number of carbonyl (C=O) groups excluding carboxylic acids is 2. The Morgan fingerprint density at radius 3 is 2.46 bits per heavy atom. The van der Waals surface area contributed by atoms with Gasteiger partial charge in [0.2, 0.25) is 0 Å². The summed E-state index contributed by atoms with van der Waals surface area (Å²) in [6.45, 7) is 8.71. The number of benzene rings is 1. The van der Waals surface area contributed by atoms with Gasteiger partial charge in [-0.3, -0.25) is 4.79 Å². The summed E-state index contributed by atoms with van der Waals surface area (Å²) in [7, 11) is 1.45. The first-order valence-corrected chi connectivity index (χ1v) is 8.87. The summed E-state index contributed by atoms with van der Waals surface area (Å²) >= 11 is 0. The van der Waals surface area contributed by atoms with Crippen molar-refractivity contribution in [2.45, 2.75) is 27.2 Å². The van der Waals surface area contributed by atoms with Gasteiger partial charge in [-0.25, -0.2) is 9.18 Å². The van der Waals surface area contributed by atoms with Crippen LogP contribution in [-0.4, -0.2) is 61.6 Å². The predicted molar refractivity (Wildman–Crippen MR) is 97.9 cm³/mol. The number of halogens is 1. The number of ether oxygens (including phenoxy) is 1. The van der Waals surface area contributed by atoms with E-state index in [-0.39, 0.29) is 22.9 Å². The average molecular weight is 365 g/mol. The molecule has 0 radical (unpaired) electrons. The van der Waals surface area contributed by atoms with Crippen molar-refractivity contribution < 1.29 is 18.7 Å². The summed E-state index contributed by atoms with van der Waals surface area (Å²) in [4.78, 5) is 28.5. The predicted octanol–water partition coefficient (Wildman–Crippen LogP) is 2.74. The largest absolute Gasteiger partial charge is 0.496 e. The highest BCUT2D eigenvalue weighted by atomic mass is 19.1. The van der Waals surface area contributed by atoms with E-state index in [0.29, 0.717) is 44.9 Å². The number of hydrogen-bond acceptors (Lipinski definition) is 3. The summed E-state index contributed by atoms with van der Waals surface area (Å²) < 4.78 is 18.7. The van der Waals surface area contributed by atoms with Gasteiger partial charge in [-0.1, -0.05) is 20.8 Å². The van der Waals surface area contributed by atoms with Gasteiger partial charge in [-0.15, -0.1) is 0 Å². The Balaban J connectivity index is 2.01. The van der Waals surface area contributed by atoms with E-state index in [1.807, 2.05) is 0 Å². The highest BCUT2D eigenvalue weighted by Crippen LogP contribution is 2.22. The van der Waals surface area contributed by atoms with Gasteiger partial charge >= 0.3 is 6.03 Å². The van der Waals surface area contributed by atoms with Crippen molar-refractivity contribution in [3.8, 4) is 5.75 Å². The minimum atomic E-state index is -0.479. The van der Waals surface area contributed by atoms with Crippen molar-refractivity contribution in [2.75, 3.05) is 39.8 Å². The molecule has 1 aliphatic heterocycles. The maximum absolute atomic E-state index is 13.6. The molecular formula is C19H28FN3O3. The fraction of sp³-hybridized carbons (Fsp3) is 0.579. The van der Waals surface area contributed by atoms with E-state index in [4.69, 9.17) is 4.74 Å². The maximum Gasteiger partial charge on any atom is 0.317 e. The lowest BCUT2D eigenvalue weighted by atomic mass is 9.97. The number of methoxy groups -OCH3 is 1. The molecule has 1 N–H and O–H groups in total. The van der Waals surface area contributed by atoms with Crippen LogP contribution in [0.5, 0.6) is 5.75 Å². The van der Waals surface area contributed by atoms with E-state index in [1.165, 1.54) is 25.3 Å². The zero-order valence-corrected chi connectivity index (χ0v) is 16.0. The second-order valence-electron chi connectivity index (χ2n) is 7.70. The molecule has 144 valence electrons. The Morgan fingerprint density at radius 1 is 1.15 bits per heavy atom. The van der Waals surface area contributed by atoms with Crippen molar-refractivity contribution in [2.24, 2.45) is 5.41 Å². The first-order valence-electron chi connectivity index (χ1n) is 8.87. The number of hydrogen-bond donors (Lipinski definition) is 1. The third kappa shape index (κ3) is 5.34. The molecule has 6 nitrogen and oxygen atoms in total. The van der Waals surface area contributed by atoms with Crippen LogP contribution in [0.25, 0.3) is 0 Å². The normalized spacial score (nSPS) is 15.4. The van der Waals surface area contributed by atoms with Crippen molar-refractivity contribution in [1.29, 1.82) is 0 Å². The summed E-state index contributed by atoms with van der Waals surface area (Å²) in [5.74, 6) is -0.411. The van der Waals surface area contributed by atoms with E-state index in [0.717, 1.165) is 0 Å². The molecule has 26 heavy (non-hydrogen) atoms. The molecule has 7 heteroatoms. The molecule has 1 aromatic rings. The third-order valence-electron chi connectivity index (χ3n) is 4.23. The molecule has 0 unspecified atom stereocenters. The van der Waals surface area contributed by atoms with E-state index in [1.54, 1.807) is 9.80 Å². The zero-order chi connectivity index (χ0) is 19.3. The van der Waals surface area contributed by atoms with Gasteiger partial charge in [-0.2, -0.15) is 0 Å². The molecule has 0 aliphatic carbocycles. The lowest BCUT2D eigenvalue weighted by Crippen LogP contribution is -2.44. The summed E-state index contributed by atoms with van der Waals surface area (Å²) in [5.41, 5.74) is 0.218. The van der Waals surface area contributed by atoms with Crippen molar-refractivity contribution in [1.82, 2.24) is 15.1 Å². The summed E-state index contributed by atoms with van der Waals surface area (Å²) in [6.07, 6.45) is 0.673. The van der Waals surface area contributed by atoms with Crippen molar-refractivity contribution >= 4 is 11.9 Å². The molecule has 1 saturated heterocycles. The van der Waals surface area contributed by atoms with Crippen LogP contribution in [-0.2, 0) is 0 Å². The van der Waals surface area contributed by atoms with E-state index in [9.17, 15) is 14.0 Å². The van der Waals surface area contributed by atoms with Gasteiger partial charge < -0.3 is 19.9 Å². The Hall–Kier alpha value is -2.31. The first-order chi connectivity index (χ1) is 12.2. The lowest BCUT2D eigenvalue weighted by Gasteiger charge is -2.25. The molecule has 1 aromatic carbocycles. The Kier molecular flexibility index (Phi) is 6.45. The molecular weight excluding hydrogens is 337 g/mol. The molecule has 0 bridgehead atoms. The molecule has 0 spiro atoms. The molecule has 0 atom stereocenters. The van der Waals surface area contributed by atoms with Gasteiger partial charge in [-0.05, 0) is 30.0 Å².